The number of ether oxygens (including phenoxy) is 1. The van der Waals surface area contributed by atoms with E-state index in [1.807, 2.05) is 22.9 Å². The number of ketones is 1. The Labute approximate surface area is 187 Å². The Kier molecular flexibility index (Phi) is 7.04. The lowest BCUT2D eigenvalue weighted by Gasteiger charge is -2.19. The summed E-state index contributed by atoms with van der Waals surface area (Å²) in [4.78, 5) is 13.5. The Balaban J connectivity index is 1.71. The Bertz CT molecular complexity index is 1110. The average molecular weight is 439 g/mol. The van der Waals surface area contributed by atoms with Crippen LogP contribution in [-0.4, -0.2) is 65.7 Å². The molecule has 0 saturated heterocycles. The summed E-state index contributed by atoms with van der Waals surface area (Å²) >= 11 is 0. The molecule has 0 fully saturated rings. The number of carbonyl (C=O) groups is 1. The number of phenolic OH excluding ortho intramolecular Hbond substituents is 1. The second-order valence-electron chi connectivity index (χ2n) is 7.94. The average Bonchev–Trinajstić information content (AvgIpc) is 3.16. The van der Waals surface area contributed by atoms with Crippen LogP contribution in [0.3, 0.4) is 0 Å². The first kappa shape index (κ1) is 22.3. The second kappa shape index (κ2) is 10.1. The quantitative estimate of drug-likeness (QED) is 0.252. The number of aliphatic hydroxyl groups excluding tert-OH is 1. The van der Waals surface area contributed by atoms with E-state index in [0.29, 0.717) is 36.3 Å². The lowest BCUT2D eigenvalue weighted by Crippen LogP contribution is -2.25. The first-order valence-electron chi connectivity index (χ1n) is 11.1. The van der Waals surface area contributed by atoms with Crippen molar-refractivity contribution in [2.45, 2.75) is 25.8 Å². The molecule has 1 aliphatic rings. The van der Waals surface area contributed by atoms with Gasteiger partial charge in [0.25, 0.3) is 0 Å². The van der Waals surface area contributed by atoms with Gasteiger partial charge in [-0.25, -0.2) is 0 Å². The zero-order chi connectivity index (χ0) is 22.5. The van der Waals surface area contributed by atoms with Gasteiger partial charge in [0.15, 0.2) is 5.78 Å². The maximum Gasteiger partial charge on any atom is 0.200 e. The number of anilines is 1. The zero-order valence-electron chi connectivity index (χ0n) is 18.4. The van der Waals surface area contributed by atoms with E-state index < -0.39 is 0 Å². The number of carbonyl (C=O) groups excluding carboxylic acids is 1. The molecule has 1 aliphatic carbocycles. The molecule has 32 heavy (non-hydrogen) atoms. The number of hydrogen-bond acceptors (Lipinski definition) is 7. The molecular weight excluding hydrogens is 408 g/mol. The number of aromatic nitrogens is 2. The Morgan fingerprint density at radius 2 is 1.94 bits per heavy atom. The number of rotatable bonds is 12. The predicted molar refractivity (Wildman–Crippen MR) is 124 cm³/mol. The molecule has 8 nitrogen and oxygen atoms in total. The third-order valence-corrected chi connectivity index (χ3v) is 5.79. The van der Waals surface area contributed by atoms with Crippen molar-refractivity contribution in [3.63, 3.8) is 0 Å². The molecule has 0 saturated carbocycles. The third-order valence-electron chi connectivity index (χ3n) is 5.79. The molecule has 1 heterocycles. The van der Waals surface area contributed by atoms with E-state index in [4.69, 9.17) is 14.9 Å². The van der Waals surface area contributed by atoms with Gasteiger partial charge in [0, 0.05) is 56.5 Å². The lowest BCUT2D eigenvalue weighted by atomic mass is 9.86. The van der Waals surface area contributed by atoms with E-state index in [1.165, 1.54) is 0 Å². The standard InChI is InChI=1S/C24H30N4O4/c1-32-15-4-2-3-13-28-18-9-8-17(26-11-10-25-12-14-29)21-22(18)23(27-28)16-6-5-7-19(30)20(16)24(21)31/h5-9,25-26,29-30H,2-4,10-15H2,1H3. The first-order chi connectivity index (χ1) is 15.7. The zero-order valence-corrected chi connectivity index (χ0v) is 18.4. The number of aryl methyl sites for hydroxylation is 1. The summed E-state index contributed by atoms with van der Waals surface area (Å²) < 4.78 is 7.10. The number of aliphatic hydroxyl groups is 1. The SMILES string of the molecule is COCCCCCn1nc2c3c(c(NCCNCCO)ccc31)C(=O)c1c(O)cccc1-2. The number of aromatic hydroxyl groups is 1. The summed E-state index contributed by atoms with van der Waals surface area (Å²) in [6, 6.07) is 9.06. The van der Waals surface area contributed by atoms with E-state index in [0.717, 1.165) is 54.7 Å². The molecule has 0 spiro atoms. The minimum absolute atomic E-state index is 0.0279. The normalized spacial score (nSPS) is 12.4. The van der Waals surface area contributed by atoms with E-state index in [-0.39, 0.29) is 18.1 Å². The lowest BCUT2D eigenvalue weighted by molar-refractivity contribution is 0.103. The van der Waals surface area contributed by atoms with Gasteiger partial charge in [-0.2, -0.15) is 5.10 Å². The number of phenols is 1. The summed E-state index contributed by atoms with van der Waals surface area (Å²) in [5, 5.41) is 31.6. The molecule has 2 aromatic carbocycles. The predicted octanol–water partition coefficient (Wildman–Crippen LogP) is 2.76. The molecule has 0 aliphatic heterocycles. The number of hydrogen-bond donors (Lipinski definition) is 4. The Morgan fingerprint density at radius 1 is 1.06 bits per heavy atom. The summed E-state index contributed by atoms with van der Waals surface area (Å²) in [6.45, 7) is 3.36. The highest BCUT2D eigenvalue weighted by molar-refractivity contribution is 6.28. The van der Waals surface area contributed by atoms with Crippen LogP contribution in [0.2, 0.25) is 0 Å². The van der Waals surface area contributed by atoms with Crippen LogP contribution in [0.15, 0.2) is 30.3 Å². The molecule has 8 heteroatoms. The van der Waals surface area contributed by atoms with Crippen molar-refractivity contribution < 1.29 is 19.7 Å². The number of unbranched alkanes of at least 4 members (excludes halogenated alkanes) is 2. The van der Waals surface area contributed by atoms with E-state index in [9.17, 15) is 9.90 Å². The Morgan fingerprint density at radius 3 is 2.75 bits per heavy atom. The monoisotopic (exact) mass is 438 g/mol. The van der Waals surface area contributed by atoms with Gasteiger partial charge in [0.1, 0.15) is 11.4 Å². The molecule has 0 bridgehead atoms. The smallest absolute Gasteiger partial charge is 0.200 e. The van der Waals surface area contributed by atoms with Crippen LogP contribution in [0.4, 0.5) is 5.69 Å². The third kappa shape index (κ3) is 4.21. The number of nitrogens with one attached hydrogen (secondary N) is 2. The van der Waals surface area contributed by atoms with Gasteiger partial charge >= 0.3 is 0 Å². The molecular formula is C24H30N4O4. The van der Waals surface area contributed by atoms with Crippen LogP contribution in [-0.2, 0) is 11.3 Å². The number of fused-ring (bicyclic) bond motifs is 2. The molecule has 1 aromatic heterocycles. The van der Waals surface area contributed by atoms with Crippen molar-refractivity contribution in [3.8, 4) is 17.0 Å². The molecule has 4 rings (SSSR count). The van der Waals surface area contributed by atoms with Crippen LogP contribution in [0.5, 0.6) is 5.75 Å². The topological polar surface area (TPSA) is 109 Å². The molecule has 0 atom stereocenters. The van der Waals surface area contributed by atoms with Gasteiger partial charge < -0.3 is 25.6 Å². The van der Waals surface area contributed by atoms with Crippen LogP contribution in [0.25, 0.3) is 22.2 Å². The van der Waals surface area contributed by atoms with E-state index >= 15 is 0 Å². The Hall–Kier alpha value is -2.94. The summed E-state index contributed by atoms with van der Waals surface area (Å²) in [7, 11) is 1.71. The van der Waals surface area contributed by atoms with Gasteiger partial charge in [0.2, 0.25) is 0 Å². The maximum atomic E-state index is 13.5. The highest BCUT2D eigenvalue weighted by Gasteiger charge is 2.32. The first-order valence-corrected chi connectivity index (χ1v) is 11.1. The number of nitrogens with zero attached hydrogens (tertiary/aromatic N) is 2. The van der Waals surface area contributed by atoms with Gasteiger partial charge in [-0.1, -0.05) is 12.1 Å². The largest absolute Gasteiger partial charge is 0.507 e. The van der Waals surface area contributed by atoms with Crippen molar-refractivity contribution in [2.24, 2.45) is 0 Å². The second-order valence-corrected chi connectivity index (χ2v) is 7.94. The van der Waals surface area contributed by atoms with Crippen molar-refractivity contribution in [2.75, 3.05) is 45.3 Å². The molecule has 0 radical (unpaired) electrons. The summed E-state index contributed by atoms with van der Waals surface area (Å²) in [5.41, 5.74) is 3.92. The maximum absolute atomic E-state index is 13.5. The molecule has 4 N–H and O–H groups in total. The fourth-order valence-electron chi connectivity index (χ4n) is 4.29. The molecule has 0 amide bonds. The fraction of sp³-hybridized carbons (Fsp3) is 0.417. The molecule has 170 valence electrons. The van der Waals surface area contributed by atoms with Crippen LogP contribution in [0, 0.1) is 0 Å². The van der Waals surface area contributed by atoms with Crippen LogP contribution < -0.4 is 10.6 Å². The highest BCUT2D eigenvalue weighted by Crippen LogP contribution is 2.44. The van der Waals surface area contributed by atoms with Gasteiger partial charge in [0.05, 0.1) is 23.3 Å². The van der Waals surface area contributed by atoms with Gasteiger partial charge in [-0.05, 0) is 37.5 Å². The minimum atomic E-state index is -0.193. The van der Waals surface area contributed by atoms with E-state index in [2.05, 4.69) is 10.6 Å². The van der Waals surface area contributed by atoms with Gasteiger partial charge in [-0.3, -0.25) is 9.48 Å². The van der Waals surface area contributed by atoms with Crippen molar-refractivity contribution in [1.82, 2.24) is 15.1 Å². The van der Waals surface area contributed by atoms with Crippen molar-refractivity contribution >= 4 is 22.4 Å². The number of methoxy groups -OCH3 is 1. The van der Waals surface area contributed by atoms with Crippen molar-refractivity contribution in [3.05, 3.63) is 41.5 Å². The minimum Gasteiger partial charge on any atom is -0.507 e. The van der Waals surface area contributed by atoms with E-state index in [1.54, 1.807) is 19.2 Å². The molecule has 0 unspecified atom stereocenters. The number of benzene rings is 2. The van der Waals surface area contributed by atoms with Crippen molar-refractivity contribution in [1.29, 1.82) is 0 Å². The highest BCUT2D eigenvalue weighted by atomic mass is 16.5. The van der Waals surface area contributed by atoms with Crippen LogP contribution >= 0.6 is 0 Å². The fourth-order valence-corrected chi connectivity index (χ4v) is 4.29. The summed E-state index contributed by atoms with van der Waals surface area (Å²) in [5.74, 6) is -0.221. The van der Waals surface area contributed by atoms with Crippen LogP contribution in [0.1, 0.15) is 35.2 Å². The van der Waals surface area contributed by atoms with Gasteiger partial charge in [-0.15, -0.1) is 0 Å². The summed E-state index contributed by atoms with van der Waals surface area (Å²) in [6.07, 6.45) is 3.00. The molecule has 3 aromatic rings.